The summed E-state index contributed by atoms with van der Waals surface area (Å²) in [6.07, 6.45) is -28.2. The van der Waals surface area contributed by atoms with E-state index in [1.807, 2.05) is 0 Å². The molecule has 3 rings (SSSR count). The molecule has 3 fully saturated rings. The number of hydrogen-bond acceptors (Lipinski definition) is 21. The van der Waals surface area contributed by atoms with Gasteiger partial charge in [-0.3, -0.25) is 9.59 Å². The van der Waals surface area contributed by atoms with Crippen LogP contribution in [0.4, 0.5) is 0 Å². The smallest absolute Gasteiger partial charge is 0.544 e. The average Bonchev–Trinajstić information content (AvgIpc) is 3.14. The molecule has 0 aromatic carbocycles. The number of aliphatic carboxylic acids is 1. The second kappa shape index (κ2) is 22.7. The summed E-state index contributed by atoms with van der Waals surface area (Å²) in [5.74, 6) is -6.63. The number of nitrogens with one attached hydrogen (secondary N) is 2. The molecule has 318 valence electrons. The molecule has 3 aliphatic rings. The molecular weight excluding hydrogens is 771 g/mol. The first kappa shape index (κ1) is 50.6. The van der Waals surface area contributed by atoms with Crippen molar-refractivity contribution in [1.82, 2.24) is 10.6 Å². The van der Waals surface area contributed by atoms with Crippen LogP contribution < -0.4 is 45.3 Å². The van der Waals surface area contributed by atoms with Gasteiger partial charge in [-0.25, -0.2) is 0 Å². The minimum Gasteiger partial charge on any atom is -0.544 e. The minimum absolute atomic E-state index is 0. The third kappa shape index (κ3) is 12.0. The number of carboxylic acid groups (broad SMARTS) is 1. The largest absolute Gasteiger partial charge is 1.00 e. The van der Waals surface area contributed by atoms with E-state index in [0.717, 1.165) is 13.0 Å². The summed E-state index contributed by atoms with van der Waals surface area (Å²) in [4.78, 5) is 36.6. The Morgan fingerprint density at radius 1 is 0.946 bits per heavy atom. The molecule has 0 aliphatic carbocycles. The third-order valence-corrected chi connectivity index (χ3v) is 9.35. The Hall–Kier alpha value is -1.53. The van der Waals surface area contributed by atoms with Gasteiger partial charge in [0.2, 0.25) is 17.6 Å². The van der Waals surface area contributed by atoms with E-state index in [1.54, 1.807) is 6.92 Å². The van der Waals surface area contributed by atoms with E-state index in [9.17, 15) is 75.7 Å². The topological polar surface area (TPSA) is 376 Å². The van der Waals surface area contributed by atoms with Gasteiger partial charge in [0.25, 0.3) is 0 Å². The molecule has 0 bridgehead atoms. The van der Waals surface area contributed by atoms with E-state index < -0.39 is 160 Å². The van der Waals surface area contributed by atoms with Gasteiger partial charge in [-0.1, -0.05) is 13.0 Å². The number of rotatable bonds is 19. The summed E-state index contributed by atoms with van der Waals surface area (Å²) < 4.78 is 33.3. The number of ether oxygens (including phenoxy) is 6. The Morgan fingerprint density at radius 3 is 2.11 bits per heavy atom. The summed E-state index contributed by atoms with van der Waals surface area (Å²) in [6.45, 7) is 2.73. The molecule has 0 aromatic rings. The fraction of sp³-hybridized carbons (Fsp3) is 0.844. The van der Waals surface area contributed by atoms with Gasteiger partial charge in [0.05, 0.1) is 50.7 Å². The summed E-state index contributed by atoms with van der Waals surface area (Å²) in [5.41, 5.74) is 0. The fourth-order valence-corrected chi connectivity index (χ4v) is 6.37. The molecular formula is C32H53N2NaO21. The van der Waals surface area contributed by atoms with Gasteiger partial charge < -0.3 is 105 Å². The van der Waals surface area contributed by atoms with E-state index in [2.05, 4.69) is 17.2 Å². The van der Waals surface area contributed by atoms with E-state index in [4.69, 9.17) is 28.4 Å². The van der Waals surface area contributed by atoms with Crippen molar-refractivity contribution in [1.29, 1.82) is 0 Å². The second-order valence-electron chi connectivity index (χ2n) is 13.4. The number of amides is 2. The van der Waals surface area contributed by atoms with E-state index >= 15 is 0 Å². The van der Waals surface area contributed by atoms with Crippen molar-refractivity contribution in [3.05, 3.63) is 12.7 Å². The SMILES string of the molecule is C=C[C@@H](O)[C@H](CO[C@@H]1O[C@H](CO)[C@@H](O[C@@H]2O[C@H](CO)[C@H](O)[C@H](O[C@]3(C(=O)[O-])C[C@H](O)[C@@H](NC(C)=O)[C@H]([C@H](O)[C@H](O)CO)O3)[C@H]2O)[C@H](O)[C@H]1O)NC(=O)CCC.[Na+]. The predicted molar refractivity (Wildman–Crippen MR) is 174 cm³/mol. The van der Waals surface area contributed by atoms with Crippen molar-refractivity contribution < 1.29 is 134 Å². The maximum atomic E-state index is 12.6. The molecule has 3 aliphatic heterocycles. The maximum absolute atomic E-state index is 12.6. The fourth-order valence-electron chi connectivity index (χ4n) is 6.37. The molecule has 24 heteroatoms. The molecule has 2 amide bonds. The first-order valence-corrected chi connectivity index (χ1v) is 17.5. The number of carbonyl (C=O) groups excluding carboxylic acids is 3. The third-order valence-electron chi connectivity index (χ3n) is 9.35. The summed E-state index contributed by atoms with van der Waals surface area (Å²) in [6, 6.07) is -2.67. The number of aliphatic hydroxyl groups is 11. The maximum Gasteiger partial charge on any atom is 1.00 e. The molecule has 0 saturated carbocycles. The zero-order valence-electron chi connectivity index (χ0n) is 31.1. The van der Waals surface area contributed by atoms with Crippen molar-refractivity contribution in [2.75, 3.05) is 26.4 Å². The van der Waals surface area contributed by atoms with Gasteiger partial charge in [0.15, 0.2) is 12.6 Å². The van der Waals surface area contributed by atoms with Crippen LogP contribution >= 0.6 is 0 Å². The van der Waals surface area contributed by atoms with Crippen molar-refractivity contribution >= 4 is 17.8 Å². The average molecular weight is 825 g/mol. The monoisotopic (exact) mass is 824 g/mol. The molecule has 0 spiro atoms. The van der Waals surface area contributed by atoms with Crippen LogP contribution in [0.15, 0.2) is 12.7 Å². The zero-order chi connectivity index (χ0) is 41.4. The van der Waals surface area contributed by atoms with Crippen molar-refractivity contribution in [2.45, 2.75) is 143 Å². The van der Waals surface area contributed by atoms with Crippen molar-refractivity contribution in [3.63, 3.8) is 0 Å². The molecule has 23 nitrogen and oxygen atoms in total. The molecule has 3 saturated heterocycles. The first-order chi connectivity index (χ1) is 25.9. The van der Waals surface area contributed by atoms with Crippen LogP contribution in [-0.2, 0) is 42.8 Å². The van der Waals surface area contributed by atoms with Gasteiger partial charge in [-0.05, 0) is 6.42 Å². The molecule has 0 aromatic heterocycles. The van der Waals surface area contributed by atoms with Crippen LogP contribution in [0.25, 0.3) is 0 Å². The predicted octanol–water partition coefficient (Wildman–Crippen LogP) is -11.7. The Bertz CT molecular complexity index is 1270. The molecule has 0 unspecified atom stereocenters. The van der Waals surface area contributed by atoms with Crippen molar-refractivity contribution in [3.8, 4) is 0 Å². The Labute approximate surface area is 343 Å². The van der Waals surface area contributed by atoms with Gasteiger partial charge in [-0.2, -0.15) is 0 Å². The molecule has 0 radical (unpaired) electrons. The van der Waals surface area contributed by atoms with E-state index in [1.165, 1.54) is 0 Å². The second-order valence-corrected chi connectivity index (χ2v) is 13.4. The number of aliphatic hydroxyl groups excluding tert-OH is 11. The van der Waals surface area contributed by atoms with Gasteiger partial charge in [-0.15, -0.1) is 6.58 Å². The standard InChI is InChI=1S/C32H54N2O21.Na/c1-4-6-19(42)34-13(14(39)5-2)11-50-29-24(46)23(45)26(18(10-37)52-29)53-30-25(47)28(22(44)17(9-36)51-30)55-32(31(48)49)7-15(40)20(33-12(3)38)27(54-32)21(43)16(41)8-35;/h5,13-18,20-30,35-37,39-41,43-47H,2,4,6-11H2,1,3H3,(H,33,38)(H,34,42)(H,48,49);/q;+1/p-1/t13-,14+,15-,16+,17+,18+,20+,21+,22-,23+,24+,25+,26+,27+,28-,29+,30-,32-;/m0./s1. The van der Waals surface area contributed by atoms with E-state index in [0.29, 0.717) is 6.42 Å². The van der Waals surface area contributed by atoms with Crippen LogP contribution in [-0.4, -0.2) is 210 Å². The Morgan fingerprint density at radius 2 is 1.57 bits per heavy atom. The molecule has 18 atom stereocenters. The van der Waals surface area contributed by atoms with Crippen molar-refractivity contribution in [2.24, 2.45) is 0 Å². The first-order valence-electron chi connectivity index (χ1n) is 17.5. The Kier molecular flexibility index (Phi) is 20.5. The van der Waals surface area contributed by atoms with Gasteiger partial charge in [0.1, 0.15) is 73.1 Å². The molecule has 56 heavy (non-hydrogen) atoms. The van der Waals surface area contributed by atoms with Gasteiger partial charge >= 0.3 is 29.6 Å². The summed E-state index contributed by atoms with van der Waals surface area (Å²) >= 11 is 0. The van der Waals surface area contributed by atoms with Crippen LogP contribution in [0.2, 0.25) is 0 Å². The summed E-state index contributed by atoms with van der Waals surface area (Å²) in [5, 5.41) is 133. The van der Waals surface area contributed by atoms with Crippen LogP contribution in [0.3, 0.4) is 0 Å². The van der Waals surface area contributed by atoms with Gasteiger partial charge in [0, 0.05) is 19.8 Å². The summed E-state index contributed by atoms with van der Waals surface area (Å²) in [7, 11) is 0. The van der Waals surface area contributed by atoms with Crippen LogP contribution in [0, 0.1) is 0 Å². The normalized spacial score (nSPS) is 38.3. The Balaban J connectivity index is 0.0000108. The minimum atomic E-state index is -3.18. The number of carbonyl (C=O) groups is 3. The quantitative estimate of drug-likeness (QED) is 0.0425. The number of carboxylic acids is 1. The zero-order valence-corrected chi connectivity index (χ0v) is 33.1. The molecule has 13 N–H and O–H groups in total. The molecule has 3 heterocycles. The van der Waals surface area contributed by atoms with Crippen LogP contribution in [0.5, 0.6) is 0 Å². The number of hydrogen-bond donors (Lipinski definition) is 13. The van der Waals surface area contributed by atoms with Crippen LogP contribution in [0.1, 0.15) is 33.1 Å². The van der Waals surface area contributed by atoms with E-state index in [-0.39, 0.29) is 36.0 Å².